The van der Waals surface area contributed by atoms with Crippen molar-refractivity contribution in [2.45, 2.75) is 19.8 Å². The number of nitrogens with one attached hydrogen (secondary N) is 3. The van der Waals surface area contributed by atoms with E-state index < -0.39 is 0 Å². The summed E-state index contributed by atoms with van der Waals surface area (Å²) in [5.74, 6) is 0.633. The third-order valence-corrected chi connectivity index (χ3v) is 5.74. The molecule has 3 N–H and O–H groups in total. The van der Waals surface area contributed by atoms with Crippen molar-refractivity contribution in [2.75, 3.05) is 57.7 Å². The van der Waals surface area contributed by atoms with Crippen molar-refractivity contribution in [3.8, 4) is 0 Å². The highest BCUT2D eigenvalue weighted by molar-refractivity contribution is 5.91. The normalized spacial score (nSPS) is 23.9. The Morgan fingerprint density at radius 2 is 1.59 bits per heavy atom. The monoisotopic (exact) mass is 378 g/mol. The van der Waals surface area contributed by atoms with E-state index in [0.29, 0.717) is 18.8 Å². The fourth-order valence-corrected chi connectivity index (χ4v) is 3.86. The van der Waals surface area contributed by atoms with Crippen LogP contribution < -0.4 is 15.1 Å². The van der Waals surface area contributed by atoms with E-state index >= 15 is 0 Å². The van der Waals surface area contributed by atoms with E-state index in [9.17, 15) is 14.0 Å². The molecule has 148 valence electrons. The molecule has 3 rings (SSSR count). The first kappa shape index (κ1) is 19.8. The lowest BCUT2D eigenvalue weighted by Crippen LogP contribution is -3.28. The summed E-state index contributed by atoms with van der Waals surface area (Å²) < 4.78 is 12.9. The maximum absolute atomic E-state index is 12.9. The average Bonchev–Trinajstić information content (AvgIpc) is 2.66. The first-order valence-electron chi connectivity index (χ1n) is 10.00. The van der Waals surface area contributed by atoms with Gasteiger partial charge in [-0.2, -0.15) is 0 Å². The predicted octanol–water partition coefficient (Wildman–Crippen LogP) is -1.19. The Balaban J connectivity index is 1.36. The first-order chi connectivity index (χ1) is 13.0. The van der Waals surface area contributed by atoms with E-state index in [1.165, 1.54) is 21.9 Å². The Bertz CT molecular complexity index is 636. The second-order valence-corrected chi connectivity index (χ2v) is 7.97. The zero-order valence-electron chi connectivity index (χ0n) is 16.1. The smallest absolute Gasteiger partial charge is 0.279 e. The zero-order chi connectivity index (χ0) is 19.2. The van der Waals surface area contributed by atoms with E-state index in [-0.39, 0.29) is 17.6 Å². The molecule has 0 spiro atoms. The van der Waals surface area contributed by atoms with Gasteiger partial charge in [-0.25, -0.2) is 4.39 Å². The minimum absolute atomic E-state index is 0.0569. The second kappa shape index (κ2) is 9.28. The highest BCUT2D eigenvalue weighted by Crippen LogP contribution is 2.15. The molecule has 2 heterocycles. The number of carbonyl (C=O) groups is 2. The van der Waals surface area contributed by atoms with E-state index in [0.717, 1.165) is 58.0 Å². The van der Waals surface area contributed by atoms with Crippen molar-refractivity contribution in [1.82, 2.24) is 4.90 Å². The van der Waals surface area contributed by atoms with Gasteiger partial charge >= 0.3 is 0 Å². The molecule has 2 amide bonds. The van der Waals surface area contributed by atoms with Gasteiger partial charge in [0, 0.05) is 18.8 Å². The van der Waals surface area contributed by atoms with Gasteiger partial charge in [0.1, 0.15) is 32.0 Å². The lowest BCUT2D eigenvalue weighted by molar-refractivity contribution is -1.00. The largest absolute Gasteiger partial charge is 0.338 e. The van der Waals surface area contributed by atoms with Gasteiger partial charge < -0.3 is 20.0 Å². The minimum atomic E-state index is -0.314. The number of quaternary nitrogens is 2. The summed E-state index contributed by atoms with van der Waals surface area (Å²) in [5, 5.41) is 2.81. The van der Waals surface area contributed by atoms with Gasteiger partial charge in [0.05, 0.1) is 0 Å². The van der Waals surface area contributed by atoms with Crippen LogP contribution in [0.5, 0.6) is 0 Å². The first-order valence-corrected chi connectivity index (χ1v) is 10.00. The lowest BCUT2D eigenvalue weighted by atomic mass is 9.99. The number of piperidine rings is 1. The summed E-state index contributed by atoms with van der Waals surface area (Å²) in [5.41, 5.74) is 0.617. The summed E-state index contributed by atoms with van der Waals surface area (Å²) in [6.07, 6.45) is 2.23. The van der Waals surface area contributed by atoms with E-state index in [1.807, 2.05) is 4.90 Å². The molecule has 2 aliphatic heterocycles. The maximum atomic E-state index is 12.9. The van der Waals surface area contributed by atoms with Crippen LogP contribution in [0.3, 0.4) is 0 Å². The summed E-state index contributed by atoms with van der Waals surface area (Å²) in [7, 11) is 0. The number of piperazine rings is 1. The Labute approximate surface area is 160 Å². The molecular weight excluding hydrogens is 347 g/mol. The average molecular weight is 378 g/mol. The molecule has 0 aliphatic carbocycles. The topological polar surface area (TPSA) is 58.3 Å². The number of carbonyl (C=O) groups excluding carboxylic acids is 2. The highest BCUT2D eigenvalue weighted by Gasteiger charge is 2.29. The number of hydrogen-bond acceptors (Lipinski definition) is 2. The van der Waals surface area contributed by atoms with Gasteiger partial charge in [0.15, 0.2) is 13.1 Å². The van der Waals surface area contributed by atoms with Crippen LogP contribution in [0.1, 0.15) is 19.8 Å². The van der Waals surface area contributed by atoms with Crippen LogP contribution in [0.15, 0.2) is 24.3 Å². The van der Waals surface area contributed by atoms with Crippen LogP contribution in [0, 0.1) is 11.7 Å². The number of anilines is 1. The summed E-state index contributed by atoms with van der Waals surface area (Å²) in [6, 6.07) is 5.81. The molecule has 1 aromatic carbocycles. The standard InChI is InChI=1S/C20H29FN4O2/c1-16-6-8-25(9-7-16)20(27)15-24-12-10-23(11-13-24)14-19(26)22-18-4-2-17(21)3-5-18/h2-5,16H,6-15H2,1H3,(H,22,26)/p+2. The van der Waals surface area contributed by atoms with E-state index in [2.05, 4.69) is 12.2 Å². The highest BCUT2D eigenvalue weighted by atomic mass is 19.1. The van der Waals surface area contributed by atoms with Crippen LogP contribution >= 0.6 is 0 Å². The fourth-order valence-electron chi connectivity index (χ4n) is 3.86. The second-order valence-electron chi connectivity index (χ2n) is 7.97. The molecule has 1 aromatic rings. The molecule has 0 saturated carbocycles. The number of halogens is 1. The molecule has 2 aliphatic rings. The number of nitrogens with zero attached hydrogens (tertiary/aromatic N) is 1. The van der Waals surface area contributed by atoms with Gasteiger partial charge in [-0.3, -0.25) is 9.59 Å². The number of benzene rings is 1. The van der Waals surface area contributed by atoms with Crippen molar-refractivity contribution in [3.63, 3.8) is 0 Å². The minimum Gasteiger partial charge on any atom is -0.338 e. The van der Waals surface area contributed by atoms with Crippen LogP contribution in [0.25, 0.3) is 0 Å². The molecular formula is C20H31FN4O2+2. The maximum Gasteiger partial charge on any atom is 0.279 e. The third kappa shape index (κ3) is 6.01. The molecule has 6 nitrogen and oxygen atoms in total. The van der Waals surface area contributed by atoms with Crippen molar-refractivity contribution >= 4 is 17.5 Å². The number of likely N-dealkylation sites (tertiary alicyclic amines) is 1. The van der Waals surface area contributed by atoms with Gasteiger partial charge in [-0.1, -0.05) is 6.92 Å². The summed E-state index contributed by atoms with van der Waals surface area (Å²) in [4.78, 5) is 29.2. The van der Waals surface area contributed by atoms with Gasteiger partial charge in [-0.05, 0) is 43.0 Å². The predicted molar refractivity (Wildman–Crippen MR) is 101 cm³/mol. The van der Waals surface area contributed by atoms with Gasteiger partial charge in [-0.15, -0.1) is 0 Å². The van der Waals surface area contributed by atoms with Crippen molar-refractivity contribution < 1.29 is 23.8 Å². The zero-order valence-corrected chi connectivity index (χ0v) is 16.1. The van der Waals surface area contributed by atoms with E-state index in [4.69, 9.17) is 0 Å². The Morgan fingerprint density at radius 1 is 1.04 bits per heavy atom. The Kier molecular flexibility index (Phi) is 6.79. The van der Waals surface area contributed by atoms with Crippen LogP contribution in [-0.4, -0.2) is 69.1 Å². The fraction of sp³-hybridized carbons (Fsp3) is 0.600. The van der Waals surface area contributed by atoms with Gasteiger partial charge in [0.2, 0.25) is 0 Å². The summed E-state index contributed by atoms with van der Waals surface area (Å²) >= 11 is 0. The Hall–Kier alpha value is -1.99. The third-order valence-electron chi connectivity index (χ3n) is 5.74. The van der Waals surface area contributed by atoms with Gasteiger partial charge in [0.25, 0.3) is 11.8 Å². The number of rotatable bonds is 5. The molecule has 0 aromatic heterocycles. The lowest BCUT2D eigenvalue weighted by Gasteiger charge is -2.33. The molecule has 0 radical (unpaired) electrons. The van der Waals surface area contributed by atoms with Crippen molar-refractivity contribution in [1.29, 1.82) is 0 Å². The molecule has 7 heteroatoms. The van der Waals surface area contributed by atoms with Crippen molar-refractivity contribution in [2.24, 2.45) is 5.92 Å². The van der Waals surface area contributed by atoms with Crippen LogP contribution in [0.4, 0.5) is 10.1 Å². The molecule has 0 bridgehead atoms. The molecule has 2 saturated heterocycles. The van der Waals surface area contributed by atoms with Crippen LogP contribution in [0.2, 0.25) is 0 Å². The van der Waals surface area contributed by atoms with Crippen molar-refractivity contribution in [3.05, 3.63) is 30.1 Å². The Morgan fingerprint density at radius 3 is 2.19 bits per heavy atom. The SMILES string of the molecule is CC1CCN(C(=O)C[NH+]2CC[NH+](CC(=O)Nc3ccc(F)cc3)CC2)CC1. The molecule has 27 heavy (non-hydrogen) atoms. The molecule has 2 fully saturated rings. The molecule has 0 atom stereocenters. The number of amides is 2. The van der Waals surface area contributed by atoms with Crippen LogP contribution in [-0.2, 0) is 9.59 Å². The van der Waals surface area contributed by atoms with E-state index in [1.54, 1.807) is 12.1 Å². The quantitative estimate of drug-likeness (QED) is 0.603. The number of hydrogen-bond donors (Lipinski definition) is 3. The summed E-state index contributed by atoms with van der Waals surface area (Å²) in [6.45, 7) is 8.62. The molecule has 0 unspecified atom stereocenters.